The van der Waals surface area contributed by atoms with Gasteiger partial charge in [0.25, 0.3) is 0 Å². The standard InChI is InChI=1S/C23H12N2O2S2/c24-12-15(10-16-5-3-9-28-16)22-25-13-21(29-22)19-11-18-17-6-2-1-4-14(17)7-8-20(18)27-23(19)26/h1-11,13H. The van der Waals surface area contributed by atoms with Crippen LogP contribution in [-0.2, 0) is 0 Å². The van der Waals surface area contributed by atoms with E-state index in [1.165, 1.54) is 11.3 Å². The van der Waals surface area contributed by atoms with Crippen molar-refractivity contribution in [3.05, 3.63) is 86.5 Å². The van der Waals surface area contributed by atoms with Crippen LogP contribution in [0.1, 0.15) is 9.88 Å². The van der Waals surface area contributed by atoms with Crippen molar-refractivity contribution < 1.29 is 4.42 Å². The van der Waals surface area contributed by atoms with E-state index in [2.05, 4.69) is 11.1 Å². The average molecular weight is 412 g/mol. The topological polar surface area (TPSA) is 66.9 Å². The molecular formula is C23H12N2O2S2. The third-order valence-electron chi connectivity index (χ3n) is 4.59. The molecule has 0 aliphatic carbocycles. The summed E-state index contributed by atoms with van der Waals surface area (Å²) < 4.78 is 5.58. The summed E-state index contributed by atoms with van der Waals surface area (Å²) in [6.45, 7) is 0. The second-order valence-corrected chi connectivity index (χ2v) is 8.37. The molecule has 4 nitrogen and oxygen atoms in total. The van der Waals surface area contributed by atoms with Gasteiger partial charge in [0.05, 0.1) is 16.0 Å². The molecule has 6 heteroatoms. The highest BCUT2D eigenvalue weighted by Gasteiger charge is 2.15. The molecule has 5 aromatic rings. The van der Waals surface area contributed by atoms with Gasteiger partial charge in [0.2, 0.25) is 0 Å². The molecule has 0 saturated heterocycles. The number of aromatic nitrogens is 1. The molecule has 0 radical (unpaired) electrons. The van der Waals surface area contributed by atoms with Gasteiger partial charge in [0, 0.05) is 16.5 Å². The van der Waals surface area contributed by atoms with Crippen LogP contribution in [0.2, 0.25) is 0 Å². The van der Waals surface area contributed by atoms with Crippen LogP contribution >= 0.6 is 22.7 Å². The molecule has 0 atom stereocenters. The molecule has 0 bridgehead atoms. The summed E-state index contributed by atoms with van der Waals surface area (Å²) in [5, 5.41) is 15.1. The number of hydrogen-bond acceptors (Lipinski definition) is 6. The van der Waals surface area contributed by atoms with Crippen LogP contribution in [0.25, 0.3) is 43.8 Å². The first-order valence-corrected chi connectivity index (χ1v) is 10.5. The molecule has 0 aliphatic rings. The van der Waals surface area contributed by atoms with Crippen LogP contribution in [-0.4, -0.2) is 4.98 Å². The Bertz CT molecular complexity index is 1490. The third kappa shape index (κ3) is 3.17. The quantitative estimate of drug-likeness (QED) is 0.201. The van der Waals surface area contributed by atoms with Gasteiger partial charge in [-0.1, -0.05) is 36.4 Å². The van der Waals surface area contributed by atoms with Crippen LogP contribution in [0, 0.1) is 11.3 Å². The summed E-state index contributed by atoms with van der Waals surface area (Å²) in [6, 6.07) is 19.7. The Morgan fingerprint density at radius 1 is 1.10 bits per heavy atom. The Labute approximate surface area is 173 Å². The highest BCUT2D eigenvalue weighted by atomic mass is 32.1. The molecule has 2 aromatic carbocycles. The van der Waals surface area contributed by atoms with Gasteiger partial charge in [-0.15, -0.1) is 22.7 Å². The van der Waals surface area contributed by atoms with E-state index in [4.69, 9.17) is 4.42 Å². The lowest BCUT2D eigenvalue weighted by Crippen LogP contribution is -2.01. The van der Waals surface area contributed by atoms with Crippen molar-refractivity contribution in [1.82, 2.24) is 4.98 Å². The number of benzene rings is 2. The molecule has 29 heavy (non-hydrogen) atoms. The minimum absolute atomic E-state index is 0.413. The number of thiophene rings is 1. The Morgan fingerprint density at radius 2 is 2.00 bits per heavy atom. The van der Waals surface area contributed by atoms with E-state index in [9.17, 15) is 10.1 Å². The zero-order valence-corrected chi connectivity index (χ0v) is 16.6. The van der Waals surface area contributed by atoms with Crippen molar-refractivity contribution in [2.75, 3.05) is 0 Å². The second-order valence-electron chi connectivity index (χ2n) is 6.36. The lowest BCUT2D eigenvalue weighted by Gasteiger charge is -2.04. The molecule has 138 valence electrons. The number of hydrogen-bond donors (Lipinski definition) is 0. The lowest BCUT2D eigenvalue weighted by atomic mass is 10.0. The Hall–Kier alpha value is -3.53. The van der Waals surface area contributed by atoms with Crippen molar-refractivity contribution >= 4 is 56.1 Å². The molecule has 0 spiro atoms. The fourth-order valence-corrected chi connectivity index (χ4v) is 4.77. The van der Waals surface area contributed by atoms with E-state index in [1.54, 1.807) is 17.5 Å². The molecule has 3 aromatic heterocycles. The second kappa shape index (κ2) is 7.13. The van der Waals surface area contributed by atoms with Crippen LogP contribution in [0.4, 0.5) is 0 Å². The maximum atomic E-state index is 12.6. The van der Waals surface area contributed by atoms with Crippen molar-refractivity contribution in [2.45, 2.75) is 0 Å². The molecule has 3 heterocycles. The number of fused-ring (bicyclic) bond motifs is 3. The first kappa shape index (κ1) is 17.6. The zero-order valence-electron chi connectivity index (χ0n) is 15.0. The normalized spacial score (nSPS) is 11.8. The first-order valence-electron chi connectivity index (χ1n) is 8.80. The van der Waals surface area contributed by atoms with Crippen molar-refractivity contribution in [1.29, 1.82) is 5.26 Å². The number of rotatable bonds is 3. The number of thiazole rings is 1. The molecular weight excluding hydrogens is 400 g/mol. The number of allylic oxidation sites excluding steroid dienone is 1. The van der Waals surface area contributed by atoms with Crippen molar-refractivity contribution in [3.63, 3.8) is 0 Å². The van der Waals surface area contributed by atoms with Crippen LogP contribution in [0.5, 0.6) is 0 Å². The van der Waals surface area contributed by atoms with Gasteiger partial charge in [-0.3, -0.25) is 0 Å². The zero-order chi connectivity index (χ0) is 19.8. The summed E-state index contributed by atoms with van der Waals surface area (Å²) >= 11 is 2.87. The van der Waals surface area contributed by atoms with Gasteiger partial charge >= 0.3 is 5.63 Å². The smallest absolute Gasteiger partial charge is 0.345 e. The van der Waals surface area contributed by atoms with Gasteiger partial charge in [-0.05, 0) is 40.4 Å². The first-order chi connectivity index (χ1) is 14.2. The van der Waals surface area contributed by atoms with E-state index in [-0.39, 0.29) is 0 Å². The summed E-state index contributed by atoms with van der Waals surface area (Å²) in [5.74, 6) is 0. The minimum atomic E-state index is -0.413. The van der Waals surface area contributed by atoms with Gasteiger partial charge in [-0.25, -0.2) is 9.78 Å². The minimum Gasteiger partial charge on any atom is -0.422 e. The maximum absolute atomic E-state index is 12.6. The highest BCUT2D eigenvalue weighted by Crippen LogP contribution is 2.32. The Balaban J connectivity index is 1.65. The molecule has 0 fully saturated rings. The SMILES string of the molecule is N#CC(=Cc1cccs1)c1ncc(-c2cc3c(ccc4ccccc43)oc2=O)s1. The van der Waals surface area contributed by atoms with Crippen molar-refractivity contribution in [2.24, 2.45) is 0 Å². The molecule has 5 rings (SSSR count). The van der Waals surface area contributed by atoms with Gasteiger partial charge in [0.15, 0.2) is 0 Å². The molecule has 0 amide bonds. The average Bonchev–Trinajstić information content (AvgIpc) is 3.43. The van der Waals surface area contributed by atoms with Crippen LogP contribution in [0.3, 0.4) is 0 Å². The Kier molecular flexibility index (Phi) is 4.32. The fraction of sp³-hybridized carbons (Fsp3) is 0. The number of nitriles is 1. The maximum Gasteiger partial charge on any atom is 0.345 e. The molecule has 0 N–H and O–H groups in total. The summed E-state index contributed by atoms with van der Waals surface area (Å²) in [5.41, 5.74) is 1.06. The monoisotopic (exact) mass is 412 g/mol. The Morgan fingerprint density at radius 3 is 2.83 bits per heavy atom. The summed E-state index contributed by atoms with van der Waals surface area (Å²) in [7, 11) is 0. The lowest BCUT2D eigenvalue weighted by molar-refractivity contribution is 0.564. The van der Waals surface area contributed by atoms with Crippen LogP contribution in [0.15, 0.2) is 75.4 Å². The largest absolute Gasteiger partial charge is 0.422 e. The van der Waals surface area contributed by atoms with E-state index in [1.807, 2.05) is 66.1 Å². The third-order valence-corrected chi connectivity index (χ3v) is 6.48. The van der Waals surface area contributed by atoms with E-state index in [0.29, 0.717) is 26.6 Å². The molecule has 0 saturated carbocycles. The van der Waals surface area contributed by atoms with E-state index >= 15 is 0 Å². The predicted molar refractivity (Wildman–Crippen MR) is 119 cm³/mol. The summed E-state index contributed by atoms with van der Waals surface area (Å²) in [6.07, 6.45) is 3.44. The van der Waals surface area contributed by atoms with Crippen molar-refractivity contribution in [3.8, 4) is 16.5 Å². The predicted octanol–water partition coefficient (Wildman–Crippen LogP) is 6.20. The molecule has 0 aliphatic heterocycles. The van der Waals surface area contributed by atoms with Gasteiger partial charge in [0.1, 0.15) is 16.7 Å². The van der Waals surface area contributed by atoms with Crippen LogP contribution < -0.4 is 5.63 Å². The van der Waals surface area contributed by atoms with E-state index < -0.39 is 5.63 Å². The highest BCUT2D eigenvalue weighted by molar-refractivity contribution is 7.16. The van der Waals surface area contributed by atoms with Gasteiger partial charge in [-0.2, -0.15) is 5.26 Å². The summed E-state index contributed by atoms with van der Waals surface area (Å²) in [4.78, 5) is 18.6. The van der Waals surface area contributed by atoms with E-state index in [0.717, 1.165) is 21.0 Å². The number of nitrogens with zero attached hydrogens (tertiary/aromatic N) is 2. The van der Waals surface area contributed by atoms with Gasteiger partial charge < -0.3 is 4.42 Å². The fourth-order valence-electron chi connectivity index (χ4n) is 3.22. The molecule has 0 unspecified atom stereocenters.